The zero-order valence-corrected chi connectivity index (χ0v) is 17.6. The van der Waals surface area contributed by atoms with Crippen molar-refractivity contribution < 1.29 is 17.9 Å². The summed E-state index contributed by atoms with van der Waals surface area (Å²) in [6.07, 6.45) is 0.0593. The summed E-state index contributed by atoms with van der Waals surface area (Å²) < 4.78 is 33.4. The topological polar surface area (TPSA) is 84.5 Å². The third kappa shape index (κ3) is 5.84. The quantitative estimate of drug-likeness (QED) is 0.567. The Labute approximate surface area is 177 Å². The van der Waals surface area contributed by atoms with Crippen molar-refractivity contribution in [1.82, 2.24) is 5.32 Å². The Hall–Kier alpha value is -3.32. The fourth-order valence-electron chi connectivity index (χ4n) is 2.81. The van der Waals surface area contributed by atoms with Crippen LogP contribution in [0.5, 0.6) is 5.75 Å². The van der Waals surface area contributed by atoms with E-state index in [1.807, 2.05) is 38.1 Å². The van der Waals surface area contributed by atoms with Crippen LogP contribution >= 0.6 is 0 Å². The average Bonchev–Trinajstić information content (AvgIpc) is 2.72. The zero-order valence-electron chi connectivity index (χ0n) is 16.8. The number of anilines is 1. The summed E-state index contributed by atoms with van der Waals surface area (Å²) >= 11 is 0. The van der Waals surface area contributed by atoms with Crippen molar-refractivity contribution in [3.8, 4) is 5.75 Å². The van der Waals surface area contributed by atoms with Crippen molar-refractivity contribution in [3.63, 3.8) is 0 Å². The molecule has 0 fully saturated rings. The Balaban J connectivity index is 1.69. The van der Waals surface area contributed by atoms with Crippen molar-refractivity contribution in [2.24, 2.45) is 0 Å². The second-order valence-electron chi connectivity index (χ2n) is 7.00. The molecule has 0 spiro atoms. The number of ether oxygens (including phenoxy) is 1. The molecule has 1 amide bonds. The van der Waals surface area contributed by atoms with E-state index in [0.29, 0.717) is 12.2 Å². The third-order valence-corrected chi connectivity index (χ3v) is 5.53. The molecule has 0 radical (unpaired) electrons. The molecular formula is C23H24N2O4S. The molecule has 3 aromatic carbocycles. The lowest BCUT2D eigenvalue weighted by Gasteiger charge is -2.12. The first-order chi connectivity index (χ1) is 14.3. The number of hydrogen-bond acceptors (Lipinski definition) is 4. The van der Waals surface area contributed by atoms with Gasteiger partial charge in [0.2, 0.25) is 0 Å². The Bertz CT molecular complexity index is 1110. The molecule has 0 aliphatic heterocycles. The Morgan fingerprint density at radius 2 is 1.67 bits per heavy atom. The Kier molecular flexibility index (Phi) is 6.74. The minimum Gasteiger partial charge on any atom is -0.491 e. The largest absolute Gasteiger partial charge is 0.491 e. The van der Waals surface area contributed by atoms with Gasteiger partial charge in [-0.2, -0.15) is 0 Å². The van der Waals surface area contributed by atoms with Gasteiger partial charge in [0.15, 0.2) is 0 Å². The van der Waals surface area contributed by atoms with E-state index < -0.39 is 10.0 Å². The van der Waals surface area contributed by atoms with Gasteiger partial charge >= 0.3 is 0 Å². The molecule has 0 aliphatic carbocycles. The van der Waals surface area contributed by atoms with Crippen LogP contribution in [0.4, 0.5) is 5.69 Å². The van der Waals surface area contributed by atoms with Crippen LogP contribution in [0.2, 0.25) is 0 Å². The van der Waals surface area contributed by atoms with E-state index in [2.05, 4.69) is 10.0 Å². The molecular weight excluding hydrogens is 400 g/mol. The SMILES string of the molecule is CC(C)Oc1cccc(CNC(=O)c2cccc(S(=O)(=O)Nc3ccccc3)c2)c1. The molecule has 2 N–H and O–H groups in total. The first-order valence-electron chi connectivity index (χ1n) is 9.55. The van der Waals surface area contributed by atoms with Gasteiger partial charge in [-0.1, -0.05) is 36.4 Å². The second-order valence-corrected chi connectivity index (χ2v) is 8.68. The van der Waals surface area contributed by atoms with E-state index in [-0.39, 0.29) is 22.5 Å². The van der Waals surface area contributed by atoms with Gasteiger partial charge in [-0.25, -0.2) is 8.42 Å². The van der Waals surface area contributed by atoms with E-state index in [1.165, 1.54) is 12.1 Å². The maximum absolute atomic E-state index is 12.6. The van der Waals surface area contributed by atoms with Crippen molar-refractivity contribution in [2.75, 3.05) is 4.72 Å². The molecule has 0 unspecified atom stereocenters. The molecule has 0 bridgehead atoms. The van der Waals surface area contributed by atoms with Crippen molar-refractivity contribution >= 4 is 21.6 Å². The van der Waals surface area contributed by atoms with Crippen LogP contribution in [0.25, 0.3) is 0 Å². The Morgan fingerprint density at radius 3 is 2.40 bits per heavy atom. The molecule has 30 heavy (non-hydrogen) atoms. The monoisotopic (exact) mass is 424 g/mol. The van der Waals surface area contributed by atoms with Gasteiger partial charge in [0.25, 0.3) is 15.9 Å². The lowest BCUT2D eigenvalue weighted by molar-refractivity contribution is 0.0950. The third-order valence-electron chi connectivity index (χ3n) is 4.16. The predicted octanol–water partition coefficient (Wildman–Crippen LogP) is 4.20. The molecule has 7 heteroatoms. The molecule has 156 valence electrons. The number of para-hydroxylation sites is 1. The molecule has 3 rings (SSSR count). The minimum atomic E-state index is -3.80. The van der Waals surface area contributed by atoms with E-state index in [4.69, 9.17) is 4.74 Å². The predicted molar refractivity (Wildman–Crippen MR) is 117 cm³/mol. The molecule has 6 nitrogen and oxygen atoms in total. The van der Waals surface area contributed by atoms with Crippen molar-refractivity contribution in [1.29, 1.82) is 0 Å². The number of carbonyl (C=O) groups excluding carboxylic acids is 1. The standard InChI is InChI=1S/C23H24N2O4S/c1-17(2)29-21-12-6-8-18(14-21)16-24-23(26)19-9-7-13-22(15-19)30(27,28)25-20-10-4-3-5-11-20/h3-15,17,25H,16H2,1-2H3,(H,24,26). The fourth-order valence-corrected chi connectivity index (χ4v) is 3.91. The average molecular weight is 425 g/mol. The number of carbonyl (C=O) groups is 1. The van der Waals surface area contributed by atoms with Crippen molar-refractivity contribution in [2.45, 2.75) is 31.4 Å². The highest BCUT2D eigenvalue weighted by Gasteiger charge is 2.16. The lowest BCUT2D eigenvalue weighted by atomic mass is 10.2. The number of sulfonamides is 1. The van der Waals surface area contributed by atoms with E-state index >= 15 is 0 Å². The van der Waals surface area contributed by atoms with Gasteiger partial charge in [-0.15, -0.1) is 0 Å². The van der Waals surface area contributed by atoms with Crippen LogP contribution in [0, 0.1) is 0 Å². The van der Waals surface area contributed by atoms with Crippen LogP contribution in [0.3, 0.4) is 0 Å². The molecule has 0 heterocycles. The normalized spacial score (nSPS) is 11.2. The van der Waals surface area contributed by atoms with Crippen molar-refractivity contribution in [3.05, 3.63) is 90.0 Å². The second kappa shape index (κ2) is 9.45. The maximum atomic E-state index is 12.6. The van der Waals surface area contributed by atoms with Crippen LogP contribution in [0.15, 0.2) is 83.8 Å². The van der Waals surface area contributed by atoms with Crippen LogP contribution < -0.4 is 14.8 Å². The molecule has 0 aromatic heterocycles. The molecule has 0 saturated carbocycles. The fraction of sp³-hybridized carbons (Fsp3) is 0.174. The summed E-state index contributed by atoms with van der Waals surface area (Å²) in [4.78, 5) is 12.6. The highest BCUT2D eigenvalue weighted by atomic mass is 32.2. The van der Waals surface area contributed by atoms with E-state index in [9.17, 15) is 13.2 Å². The highest BCUT2D eigenvalue weighted by molar-refractivity contribution is 7.92. The van der Waals surface area contributed by atoms with Crippen LogP contribution in [-0.4, -0.2) is 20.4 Å². The summed E-state index contributed by atoms with van der Waals surface area (Å²) in [7, 11) is -3.80. The number of amides is 1. The number of hydrogen-bond donors (Lipinski definition) is 2. The molecule has 3 aromatic rings. The molecule has 0 saturated heterocycles. The maximum Gasteiger partial charge on any atom is 0.261 e. The Morgan fingerprint density at radius 1 is 0.933 bits per heavy atom. The summed E-state index contributed by atoms with van der Waals surface area (Å²) in [5.74, 6) is 0.374. The van der Waals surface area contributed by atoms with Gasteiger partial charge < -0.3 is 10.1 Å². The number of rotatable bonds is 8. The first kappa shape index (κ1) is 21.4. The summed E-state index contributed by atoms with van der Waals surface area (Å²) in [5, 5.41) is 2.81. The lowest BCUT2D eigenvalue weighted by Crippen LogP contribution is -2.23. The first-order valence-corrected chi connectivity index (χ1v) is 11.0. The summed E-state index contributed by atoms with van der Waals surface area (Å²) in [6.45, 7) is 4.19. The van der Waals surface area contributed by atoms with Gasteiger partial charge in [0.05, 0.1) is 11.0 Å². The van der Waals surface area contributed by atoms with Crippen LogP contribution in [0.1, 0.15) is 29.8 Å². The van der Waals surface area contributed by atoms with E-state index in [1.54, 1.807) is 42.5 Å². The smallest absolute Gasteiger partial charge is 0.261 e. The highest BCUT2D eigenvalue weighted by Crippen LogP contribution is 2.18. The summed E-state index contributed by atoms with van der Waals surface area (Å²) in [5.41, 5.74) is 1.60. The summed E-state index contributed by atoms with van der Waals surface area (Å²) in [6, 6.07) is 22.0. The van der Waals surface area contributed by atoms with Gasteiger partial charge in [0.1, 0.15) is 5.75 Å². The zero-order chi connectivity index (χ0) is 21.6. The van der Waals surface area contributed by atoms with Gasteiger partial charge in [0, 0.05) is 17.8 Å². The van der Waals surface area contributed by atoms with Gasteiger partial charge in [-0.3, -0.25) is 9.52 Å². The molecule has 0 atom stereocenters. The number of nitrogens with one attached hydrogen (secondary N) is 2. The molecule has 0 aliphatic rings. The minimum absolute atomic E-state index is 0.0198. The number of benzene rings is 3. The van der Waals surface area contributed by atoms with Gasteiger partial charge in [-0.05, 0) is 61.9 Å². The van der Waals surface area contributed by atoms with E-state index in [0.717, 1.165) is 11.3 Å². The van der Waals surface area contributed by atoms with Crippen LogP contribution in [-0.2, 0) is 16.6 Å².